The van der Waals surface area contributed by atoms with E-state index >= 15 is 0 Å². The number of hydrogen-bond donors (Lipinski definition) is 1. The Morgan fingerprint density at radius 1 is 1.07 bits per heavy atom. The van der Waals surface area contributed by atoms with Crippen molar-refractivity contribution in [1.82, 2.24) is 10.2 Å². The molecule has 0 bridgehead atoms. The van der Waals surface area contributed by atoms with Crippen molar-refractivity contribution in [3.63, 3.8) is 0 Å². The Morgan fingerprint density at radius 3 is 2.27 bits per heavy atom. The topological polar surface area (TPSA) is 32.3 Å². The van der Waals surface area contributed by atoms with Crippen LogP contribution in [0, 0.1) is 17.8 Å². The number of rotatable bonds is 1. The molecule has 2 unspecified atom stereocenters. The Labute approximate surface area is 91.2 Å². The normalized spacial score (nSPS) is 36.1. The van der Waals surface area contributed by atoms with Gasteiger partial charge in [-0.2, -0.15) is 0 Å². The predicted molar refractivity (Wildman–Crippen MR) is 58.4 cm³/mol. The number of likely N-dealkylation sites (tertiary alicyclic amines) is 1. The first kappa shape index (κ1) is 9.64. The largest absolute Gasteiger partial charge is 0.342 e. The van der Waals surface area contributed by atoms with Crippen LogP contribution in [-0.2, 0) is 4.79 Å². The average molecular weight is 208 g/mol. The number of carbonyl (C=O) groups is 1. The number of amides is 1. The highest BCUT2D eigenvalue weighted by Gasteiger charge is 2.39. The Balaban J connectivity index is 1.61. The first-order valence-corrected chi connectivity index (χ1v) is 6.34. The molecule has 0 spiro atoms. The molecule has 2 saturated heterocycles. The third kappa shape index (κ3) is 1.67. The third-order valence-electron chi connectivity index (χ3n) is 4.41. The van der Waals surface area contributed by atoms with Gasteiger partial charge in [-0.1, -0.05) is 12.8 Å². The molecule has 3 aliphatic rings. The van der Waals surface area contributed by atoms with Crippen molar-refractivity contribution in [3.8, 4) is 0 Å². The van der Waals surface area contributed by atoms with E-state index in [0.29, 0.717) is 11.8 Å². The smallest absolute Gasteiger partial charge is 0.225 e. The molecule has 1 amide bonds. The number of nitrogens with zero attached hydrogens (tertiary/aromatic N) is 1. The number of hydrogen-bond acceptors (Lipinski definition) is 2. The number of carbonyl (C=O) groups excluding carboxylic acids is 1. The summed E-state index contributed by atoms with van der Waals surface area (Å²) < 4.78 is 0. The van der Waals surface area contributed by atoms with E-state index in [-0.39, 0.29) is 0 Å². The van der Waals surface area contributed by atoms with Crippen LogP contribution < -0.4 is 5.32 Å². The zero-order valence-corrected chi connectivity index (χ0v) is 9.24. The predicted octanol–water partition coefficient (Wildman–Crippen LogP) is 0.854. The second-order valence-corrected chi connectivity index (χ2v) is 5.40. The summed E-state index contributed by atoms with van der Waals surface area (Å²) in [5, 5.41) is 3.42. The van der Waals surface area contributed by atoms with Gasteiger partial charge in [0.15, 0.2) is 0 Å². The van der Waals surface area contributed by atoms with E-state index < -0.39 is 0 Å². The zero-order chi connectivity index (χ0) is 10.3. The standard InChI is InChI=1S/C12H20N2O/c15-12(9-3-1-2-4-9)14-7-10-5-13-6-11(10)8-14/h9-11,13H,1-8H2. The van der Waals surface area contributed by atoms with Crippen LogP contribution in [0.5, 0.6) is 0 Å². The first-order valence-electron chi connectivity index (χ1n) is 6.34. The molecule has 1 aliphatic carbocycles. The lowest BCUT2D eigenvalue weighted by molar-refractivity contribution is -0.134. The summed E-state index contributed by atoms with van der Waals surface area (Å²) in [5.41, 5.74) is 0. The van der Waals surface area contributed by atoms with E-state index in [1.165, 1.54) is 12.8 Å². The van der Waals surface area contributed by atoms with Gasteiger partial charge in [-0.25, -0.2) is 0 Å². The van der Waals surface area contributed by atoms with E-state index in [0.717, 1.165) is 50.9 Å². The second-order valence-electron chi connectivity index (χ2n) is 5.40. The van der Waals surface area contributed by atoms with Crippen molar-refractivity contribution in [2.75, 3.05) is 26.2 Å². The minimum Gasteiger partial charge on any atom is -0.342 e. The van der Waals surface area contributed by atoms with Crippen molar-refractivity contribution in [1.29, 1.82) is 0 Å². The minimum atomic E-state index is 0.372. The summed E-state index contributed by atoms with van der Waals surface area (Å²) >= 11 is 0. The summed E-state index contributed by atoms with van der Waals surface area (Å²) in [6, 6.07) is 0. The van der Waals surface area contributed by atoms with Crippen molar-refractivity contribution in [2.24, 2.45) is 17.8 Å². The molecule has 1 saturated carbocycles. The molecule has 0 radical (unpaired) electrons. The van der Waals surface area contributed by atoms with Gasteiger partial charge in [0.1, 0.15) is 0 Å². The zero-order valence-electron chi connectivity index (χ0n) is 9.24. The van der Waals surface area contributed by atoms with Crippen LogP contribution in [0.1, 0.15) is 25.7 Å². The SMILES string of the molecule is O=C(C1CCCC1)N1CC2CNCC2C1. The molecule has 1 N–H and O–H groups in total. The molecule has 0 aromatic rings. The van der Waals surface area contributed by atoms with Crippen LogP contribution in [0.4, 0.5) is 0 Å². The monoisotopic (exact) mass is 208 g/mol. The van der Waals surface area contributed by atoms with Gasteiger partial charge in [0.2, 0.25) is 5.91 Å². The molecule has 0 aromatic heterocycles. The summed E-state index contributed by atoms with van der Waals surface area (Å²) in [6.45, 7) is 4.29. The van der Waals surface area contributed by atoms with Crippen LogP contribution in [-0.4, -0.2) is 37.0 Å². The Morgan fingerprint density at radius 2 is 1.67 bits per heavy atom. The van der Waals surface area contributed by atoms with E-state index in [9.17, 15) is 4.79 Å². The molecular weight excluding hydrogens is 188 g/mol. The second kappa shape index (κ2) is 3.78. The van der Waals surface area contributed by atoms with Crippen molar-refractivity contribution in [3.05, 3.63) is 0 Å². The maximum absolute atomic E-state index is 12.2. The molecule has 2 heterocycles. The maximum Gasteiger partial charge on any atom is 0.225 e. The van der Waals surface area contributed by atoms with E-state index in [4.69, 9.17) is 0 Å². The highest BCUT2D eigenvalue weighted by atomic mass is 16.2. The van der Waals surface area contributed by atoms with Crippen molar-refractivity contribution in [2.45, 2.75) is 25.7 Å². The summed E-state index contributed by atoms with van der Waals surface area (Å²) in [5.74, 6) is 2.32. The van der Waals surface area contributed by atoms with Gasteiger partial charge in [-0.15, -0.1) is 0 Å². The third-order valence-corrected chi connectivity index (χ3v) is 4.41. The quantitative estimate of drug-likeness (QED) is 0.693. The molecule has 3 fully saturated rings. The fourth-order valence-corrected chi connectivity index (χ4v) is 3.47. The van der Waals surface area contributed by atoms with Crippen LogP contribution in [0.25, 0.3) is 0 Å². The lowest BCUT2D eigenvalue weighted by Crippen LogP contribution is -2.35. The fraction of sp³-hybridized carbons (Fsp3) is 0.917. The minimum absolute atomic E-state index is 0.372. The van der Waals surface area contributed by atoms with Crippen LogP contribution >= 0.6 is 0 Å². The molecule has 2 atom stereocenters. The lowest BCUT2D eigenvalue weighted by Gasteiger charge is -2.21. The summed E-state index contributed by atoms with van der Waals surface area (Å²) in [4.78, 5) is 14.3. The van der Waals surface area contributed by atoms with E-state index in [1.807, 2.05) is 0 Å². The van der Waals surface area contributed by atoms with Gasteiger partial charge in [-0.05, 0) is 24.7 Å². The van der Waals surface area contributed by atoms with Crippen LogP contribution in [0.2, 0.25) is 0 Å². The van der Waals surface area contributed by atoms with Gasteiger partial charge in [0, 0.05) is 32.1 Å². The molecule has 84 valence electrons. The molecule has 15 heavy (non-hydrogen) atoms. The number of nitrogens with one attached hydrogen (secondary N) is 1. The van der Waals surface area contributed by atoms with Gasteiger partial charge in [-0.3, -0.25) is 4.79 Å². The molecule has 2 aliphatic heterocycles. The Bertz CT molecular complexity index is 248. The fourth-order valence-electron chi connectivity index (χ4n) is 3.47. The average Bonchev–Trinajstić information content (AvgIpc) is 2.92. The van der Waals surface area contributed by atoms with Gasteiger partial charge in [0.05, 0.1) is 0 Å². The Kier molecular flexibility index (Phi) is 2.43. The van der Waals surface area contributed by atoms with Crippen molar-refractivity contribution < 1.29 is 4.79 Å². The lowest BCUT2D eigenvalue weighted by atomic mass is 10.0. The van der Waals surface area contributed by atoms with Crippen LogP contribution in [0.3, 0.4) is 0 Å². The number of fused-ring (bicyclic) bond motifs is 1. The molecule has 3 heteroatoms. The van der Waals surface area contributed by atoms with Crippen molar-refractivity contribution >= 4 is 5.91 Å². The summed E-state index contributed by atoms with van der Waals surface area (Å²) in [6.07, 6.45) is 4.81. The van der Waals surface area contributed by atoms with Gasteiger partial charge < -0.3 is 10.2 Å². The molecule has 0 aromatic carbocycles. The van der Waals surface area contributed by atoms with Gasteiger partial charge in [0.25, 0.3) is 0 Å². The molecule has 3 nitrogen and oxygen atoms in total. The highest BCUT2D eigenvalue weighted by molar-refractivity contribution is 5.79. The van der Waals surface area contributed by atoms with E-state index in [1.54, 1.807) is 0 Å². The van der Waals surface area contributed by atoms with E-state index in [2.05, 4.69) is 10.2 Å². The van der Waals surface area contributed by atoms with Gasteiger partial charge >= 0.3 is 0 Å². The maximum atomic E-state index is 12.2. The summed E-state index contributed by atoms with van der Waals surface area (Å²) in [7, 11) is 0. The molecular formula is C12H20N2O. The first-order chi connectivity index (χ1) is 7.34. The highest BCUT2D eigenvalue weighted by Crippen LogP contribution is 2.31. The van der Waals surface area contributed by atoms with Crippen LogP contribution in [0.15, 0.2) is 0 Å². The Hall–Kier alpha value is -0.570. The molecule has 3 rings (SSSR count).